The van der Waals surface area contributed by atoms with Crippen LogP contribution in [0.5, 0.6) is 0 Å². The molecule has 0 bridgehead atoms. The lowest BCUT2D eigenvalue weighted by Crippen LogP contribution is -2.23. The fraction of sp³-hybridized carbons (Fsp3) is 0.348. The SMILES string of the molecule is Cc1nc(N[C@H](C)c2cccc(C(F)(F)F)c2)c2cc(C3=CCN(C)CC3)ncc2n1. The summed E-state index contributed by atoms with van der Waals surface area (Å²) in [5.74, 6) is 1.16. The van der Waals surface area contributed by atoms with E-state index >= 15 is 0 Å². The van der Waals surface area contributed by atoms with Gasteiger partial charge in [-0.3, -0.25) is 4.98 Å². The molecule has 0 aliphatic carbocycles. The van der Waals surface area contributed by atoms with Gasteiger partial charge in [-0.15, -0.1) is 0 Å². The molecule has 1 aliphatic rings. The van der Waals surface area contributed by atoms with Gasteiger partial charge in [-0.05, 0) is 56.7 Å². The van der Waals surface area contributed by atoms with E-state index in [1.54, 1.807) is 19.2 Å². The van der Waals surface area contributed by atoms with Crippen molar-refractivity contribution in [1.82, 2.24) is 19.9 Å². The minimum Gasteiger partial charge on any atom is -0.363 e. The predicted molar refractivity (Wildman–Crippen MR) is 116 cm³/mol. The molecule has 0 saturated carbocycles. The molecule has 0 amide bonds. The van der Waals surface area contributed by atoms with Crippen LogP contribution in [0.15, 0.2) is 42.6 Å². The molecule has 0 saturated heterocycles. The molecule has 4 rings (SSSR count). The number of halogens is 3. The molecule has 8 heteroatoms. The van der Waals surface area contributed by atoms with E-state index in [-0.39, 0.29) is 6.04 Å². The first kappa shape index (κ1) is 21.2. The summed E-state index contributed by atoms with van der Waals surface area (Å²) in [7, 11) is 2.08. The van der Waals surface area contributed by atoms with Crippen LogP contribution < -0.4 is 5.32 Å². The molecule has 1 aliphatic heterocycles. The summed E-state index contributed by atoms with van der Waals surface area (Å²) >= 11 is 0. The zero-order valence-corrected chi connectivity index (χ0v) is 17.7. The lowest BCUT2D eigenvalue weighted by atomic mass is 10.0. The van der Waals surface area contributed by atoms with Crippen molar-refractivity contribution < 1.29 is 13.2 Å². The van der Waals surface area contributed by atoms with Gasteiger partial charge in [-0.1, -0.05) is 18.2 Å². The number of fused-ring (bicyclic) bond motifs is 1. The molecule has 5 nitrogen and oxygen atoms in total. The summed E-state index contributed by atoms with van der Waals surface area (Å²) in [5, 5.41) is 4.08. The second-order valence-corrected chi connectivity index (χ2v) is 7.94. The molecule has 0 spiro atoms. The summed E-state index contributed by atoms with van der Waals surface area (Å²) in [6.07, 6.45) is 0.436. The molecule has 1 atom stereocenters. The summed E-state index contributed by atoms with van der Waals surface area (Å²) < 4.78 is 39.3. The van der Waals surface area contributed by atoms with Gasteiger partial charge < -0.3 is 10.2 Å². The highest BCUT2D eigenvalue weighted by molar-refractivity contribution is 5.90. The molecule has 0 radical (unpaired) electrons. The monoisotopic (exact) mass is 427 g/mol. The van der Waals surface area contributed by atoms with Gasteiger partial charge in [0.05, 0.1) is 23.0 Å². The molecule has 0 unspecified atom stereocenters. The highest BCUT2D eigenvalue weighted by Gasteiger charge is 2.30. The number of anilines is 1. The lowest BCUT2D eigenvalue weighted by Gasteiger charge is -2.22. The third-order valence-electron chi connectivity index (χ3n) is 5.50. The zero-order chi connectivity index (χ0) is 22.2. The van der Waals surface area contributed by atoms with Gasteiger partial charge in [-0.25, -0.2) is 9.97 Å². The first-order valence-electron chi connectivity index (χ1n) is 10.2. The Morgan fingerprint density at radius 1 is 1.16 bits per heavy atom. The number of aromatic nitrogens is 3. The first-order valence-corrected chi connectivity index (χ1v) is 10.2. The lowest BCUT2D eigenvalue weighted by molar-refractivity contribution is -0.137. The van der Waals surface area contributed by atoms with E-state index in [4.69, 9.17) is 0 Å². The van der Waals surface area contributed by atoms with Crippen molar-refractivity contribution in [1.29, 1.82) is 0 Å². The molecule has 1 N–H and O–H groups in total. The Balaban J connectivity index is 1.69. The Labute approximate surface area is 179 Å². The Bertz CT molecular complexity index is 1140. The van der Waals surface area contributed by atoms with Crippen LogP contribution in [0, 0.1) is 6.92 Å². The smallest absolute Gasteiger partial charge is 0.363 e. The van der Waals surface area contributed by atoms with Crippen LogP contribution in [-0.2, 0) is 6.18 Å². The van der Waals surface area contributed by atoms with Crippen LogP contribution in [0.3, 0.4) is 0 Å². The van der Waals surface area contributed by atoms with E-state index in [1.165, 1.54) is 17.7 Å². The predicted octanol–water partition coefficient (Wildman–Crippen LogP) is 5.24. The van der Waals surface area contributed by atoms with Crippen LogP contribution in [0.2, 0.25) is 0 Å². The van der Waals surface area contributed by atoms with Crippen molar-refractivity contribution in [3.8, 4) is 0 Å². The van der Waals surface area contributed by atoms with E-state index in [0.717, 1.165) is 36.7 Å². The average Bonchev–Trinajstić information content (AvgIpc) is 2.73. The molecule has 0 fully saturated rings. The van der Waals surface area contributed by atoms with Gasteiger partial charge in [-0.2, -0.15) is 13.2 Å². The number of hydrogen-bond donors (Lipinski definition) is 1. The van der Waals surface area contributed by atoms with Gasteiger partial charge in [0.1, 0.15) is 11.6 Å². The summed E-state index contributed by atoms with van der Waals surface area (Å²) in [5.41, 5.74) is 2.62. The van der Waals surface area contributed by atoms with Gasteiger partial charge in [0, 0.05) is 24.5 Å². The van der Waals surface area contributed by atoms with Crippen LogP contribution in [-0.4, -0.2) is 40.0 Å². The van der Waals surface area contributed by atoms with E-state index < -0.39 is 11.7 Å². The van der Waals surface area contributed by atoms with E-state index in [1.807, 2.05) is 13.0 Å². The minimum atomic E-state index is -4.38. The third-order valence-corrected chi connectivity index (χ3v) is 5.50. The number of rotatable bonds is 4. The normalized spacial score (nSPS) is 16.3. The summed E-state index contributed by atoms with van der Waals surface area (Å²) in [6.45, 7) is 5.44. The molecule has 31 heavy (non-hydrogen) atoms. The number of nitrogens with zero attached hydrogens (tertiary/aromatic N) is 4. The van der Waals surface area contributed by atoms with Crippen LogP contribution in [0.25, 0.3) is 16.5 Å². The molecule has 3 aromatic rings. The average molecular weight is 427 g/mol. The second-order valence-electron chi connectivity index (χ2n) is 7.94. The van der Waals surface area contributed by atoms with Crippen molar-refractivity contribution in [2.45, 2.75) is 32.5 Å². The van der Waals surface area contributed by atoms with Crippen molar-refractivity contribution in [3.63, 3.8) is 0 Å². The quantitative estimate of drug-likeness (QED) is 0.617. The van der Waals surface area contributed by atoms with Gasteiger partial charge in [0.2, 0.25) is 0 Å². The third kappa shape index (κ3) is 4.69. The number of nitrogens with one attached hydrogen (secondary N) is 1. The molecule has 162 valence electrons. The van der Waals surface area contributed by atoms with Crippen LogP contribution in [0.4, 0.5) is 19.0 Å². The minimum absolute atomic E-state index is 0.376. The highest BCUT2D eigenvalue weighted by Crippen LogP contribution is 2.32. The van der Waals surface area contributed by atoms with E-state index in [0.29, 0.717) is 22.7 Å². The van der Waals surface area contributed by atoms with Crippen molar-refractivity contribution in [2.24, 2.45) is 0 Å². The molecule has 1 aromatic carbocycles. The van der Waals surface area contributed by atoms with Crippen LogP contribution in [0.1, 0.15) is 42.0 Å². The summed E-state index contributed by atoms with van der Waals surface area (Å²) in [4.78, 5) is 15.8. The van der Waals surface area contributed by atoms with Crippen molar-refractivity contribution in [3.05, 3.63) is 65.2 Å². The van der Waals surface area contributed by atoms with E-state index in [2.05, 4.69) is 38.3 Å². The Morgan fingerprint density at radius 2 is 1.97 bits per heavy atom. The number of pyridine rings is 1. The van der Waals surface area contributed by atoms with Crippen LogP contribution >= 0.6 is 0 Å². The highest BCUT2D eigenvalue weighted by atomic mass is 19.4. The van der Waals surface area contributed by atoms with Crippen molar-refractivity contribution in [2.75, 3.05) is 25.5 Å². The standard InChI is InChI=1S/C23H24F3N5/c1-14(17-5-4-6-18(11-17)23(24,25)26)28-22-19-12-20(16-7-9-31(3)10-8-16)27-13-21(19)29-15(2)30-22/h4-7,11-14H,8-10H2,1-3H3,(H,28,29,30)/t14-/m1/s1. The largest absolute Gasteiger partial charge is 0.416 e. The second kappa shape index (κ2) is 8.26. The topological polar surface area (TPSA) is 53.9 Å². The molecular weight excluding hydrogens is 403 g/mol. The summed E-state index contributed by atoms with van der Waals surface area (Å²) in [6, 6.07) is 6.94. The fourth-order valence-corrected chi connectivity index (χ4v) is 3.71. The molecule has 2 aromatic heterocycles. The Hall–Kier alpha value is -3.00. The zero-order valence-electron chi connectivity index (χ0n) is 17.7. The Morgan fingerprint density at radius 3 is 2.68 bits per heavy atom. The van der Waals surface area contributed by atoms with Gasteiger partial charge >= 0.3 is 6.18 Å². The van der Waals surface area contributed by atoms with E-state index in [9.17, 15) is 13.2 Å². The van der Waals surface area contributed by atoms with Gasteiger partial charge in [0.15, 0.2) is 0 Å². The number of likely N-dealkylation sites (N-methyl/N-ethyl adjacent to an activating group) is 1. The Kier molecular flexibility index (Phi) is 5.66. The maximum atomic E-state index is 13.1. The maximum Gasteiger partial charge on any atom is 0.416 e. The number of hydrogen-bond acceptors (Lipinski definition) is 5. The number of alkyl halides is 3. The molecule has 3 heterocycles. The first-order chi connectivity index (χ1) is 14.7. The number of benzene rings is 1. The number of aryl methyl sites for hydroxylation is 1. The maximum absolute atomic E-state index is 13.1. The fourth-order valence-electron chi connectivity index (χ4n) is 3.71. The van der Waals surface area contributed by atoms with Crippen molar-refractivity contribution >= 4 is 22.3 Å². The van der Waals surface area contributed by atoms with Gasteiger partial charge in [0.25, 0.3) is 0 Å². The molecular formula is C23H24F3N5.